The van der Waals surface area contributed by atoms with Gasteiger partial charge in [-0.1, -0.05) is 25.5 Å². The average molecular weight is 317 g/mol. The number of carbonyl (C=O) groups excluding carboxylic acids is 1. The monoisotopic (exact) mass is 317 g/mol. The van der Waals surface area contributed by atoms with Gasteiger partial charge in [0.2, 0.25) is 5.88 Å². The highest BCUT2D eigenvalue weighted by atomic mass is 32.2. The van der Waals surface area contributed by atoms with Crippen LogP contribution in [-0.4, -0.2) is 27.1 Å². The van der Waals surface area contributed by atoms with Crippen molar-refractivity contribution in [3.63, 3.8) is 0 Å². The van der Waals surface area contributed by atoms with Crippen LogP contribution in [0.2, 0.25) is 0 Å². The number of amides is 1. The fraction of sp³-hybridized carbons (Fsp3) is 0.438. The molecule has 22 heavy (non-hydrogen) atoms. The van der Waals surface area contributed by atoms with E-state index in [9.17, 15) is 9.90 Å². The van der Waals surface area contributed by atoms with Crippen LogP contribution in [0.1, 0.15) is 25.5 Å². The third kappa shape index (κ3) is 2.52. The summed E-state index contributed by atoms with van der Waals surface area (Å²) in [6.45, 7) is 5.55. The van der Waals surface area contributed by atoms with Gasteiger partial charge in [-0.05, 0) is 19.1 Å². The molecule has 2 heterocycles. The predicted molar refractivity (Wildman–Crippen MR) is 89.1 cm³/mol. The van der Waals surface area contributed by atoms with Crippen molar-refractivity contribution in [3.8, 4) is 5.88 Å². The van der Waals surface area contributed by atoms with Crippen molar-refractivity contribution in [1.82, 2.24) is 4.57 Å². The Labute approximate surface area is 133 Å². The molecular formula is C16H19N3O2S. The third-order valence-electron chi connectivity index (χ3n) is 3.83. The number of aromatic nitrogens is 1. The number of aromatic hydroxyl groups is 1. The molecular weight excluding hydrogens is 298 g/mol. The van der Waals surface area contributed by atoms with E-state index in [0.717, 1.165) is 28.0 Å². The quantitative estimate of drug-likeness (QED) is 0.862. The van der Waals surface area contributed by atoms with E-state index in [1.807, 2.05) is 41.5 Å². The Bertz CT molecular complexity index is 760. The normalized spacial score (nSPS) is 15.8. The third-order valence-corrected chi connectivity index (χ3v) is 5.08. The lowest BCUT2D eigenvalue weighted by atomic mass is 10.1. The van der Waals surface area contributed by atoms with Gasteiger partial charge >= 0.3 is 0 Å². The lowest BCUT2D eigenvalue weighted by Crippen LogP contribution is -2.22. The van der Waals surface area contributed by atoms with Crippen molar-refractivity contribution in [1.29, 1.82) is 0 Å². The van der Waals surface area contributed by atoms with Gasteiger partial charge in [-0.25, -0.2) is 0 Å². The van der Waals surface area contributed by atoms with Crippen molar-refractivity contribution in [2.75, 3.05) is 11.5 Å². The first-order valence-corrected chi connectivity index (χ1v) is 8.51. The van der Waals surface area contributed by atoms with Gasteiger partial charge in [-0.2, -0.15) is 11.8 Å². The van der Waals surface area contributed by atoms with Crippen molar-refractivity contribution in [2.24, 2.45) is 16.1 Å². The first-order valence-electron chi connectivity index (χ1n) is 7.36. The van der Waals surface area contributed by atoms with Crippen LogP contribution in [0.4, 0.5) is 5.69 Å². The van der Waals surface area contributed by atoms with Crippen molar-refractivity contribution in [2.45, 2.75) is 26.8 Å². The maximum Gasteiger partial charge on any atom is 0.267 e. The van der Waals surface area contributed by atoms with Gasteiger partial charge < -0.3 is 9.67 Å². The second-order valence-corrected chi connectivity index (χ2v) is 7.02. The molecule has 1 amide bonds. The Morgan fingerprint density at radius 3 is 2.73 bits per heavy atom. The van der Waals surface area contributed by atoms with Crippen LogP contribution in [0.5, 0.6) is 5.88 Å². The molecule has 1 aliphatic rings. The molecule has 0 unspecified atom stereocenters. The predicted octanol–water partition coefficient (Wildman–Crippen LogP) is 4.21. The van der Waals surface area contributed by atoms with Crippen LogP contribution >= 0.6 is 11.8 Å². The molecule has 0 bridgehead atoms. The zero-order chi connectivity index (χ0) is 15.9. The number of azo groups is 1. The van der Waals surface area contributed by atoms with Crippen LogP contribution in [0.15, 0.2) is 28.4 Å². The van der Waals surface area contributed by atoms with Crippen LogP contribution < -0.4 is 0 Å². The van der Waals surface area contributed by atoms with E-state index in [0.29, 0.717) is 5.69 Å². The number of thioether (sulfide) groups is 1. The smallest absolute Gasteiger partial charge is 0.267 e. The van der Waals surface area contributed by atoms with E-state index >= 15 is 0 Å². The highest BCUT2D eigenvalue weighted by Gasteiger charge is 2.27. The largest absolute Gasteiger partial charge is 0.493 e. The Morgan fingerprint density at radius 2 is 2.14 bits per heavy atom. The summed E-state index contributed by atoms with van der Waals surface area (Å²) in [6, 6.07) is 6.27. The fourth-order valence-corrected chi connectivity index (χ4v) is 3.20. The van der Waals surface area contributed by atoms with Gasteiger partial charge in [0.25, 0.3) is 5.91 Å². The molecule has 116 valence electrons. The molecule has 1 saturated heterocycles. The van der Waals surface area contributed by atoms with Crippen LogP contribution in [0.3, 0.4) is 0 Å². The highest BCUT2D eigenvalue weighted by Crippen LogP contribution is 2.44. The first kappa shape index (κ1) is 15.1. The molecule has 2 aromatic rings. The Morgan fingerprint density at radius 1 is 1.41 bits per heavy atom. The van der Waals surface area contributed by atoms with Gasteiger partial charge in [-0.3, -0.25) is 4.79 Å². The van der Waals surface area contributed by atoms with E-state index in [-0.39, 0.29) is 23.7 Å². The first-order chi connectivity index (χ1) is 10.5. The lowest BCUT2D eigenvalue weighted by molar-refractivity contribution is -0.121. The Balaban J connectivity index is 2.14. The second kappa shape index (κ2) is 5.76. The number of carbonyl (C=O) groups is 1. The Kier molecular flexibility index (Phi) is 3.95. The molecule has 0 aliphatic carbocycles. The van der Waals surface area contributed by atoms with Gasteiger partial charge in [0.1, 0.15) is 0 Å². The summed E-state index contributed by atoms with van der Waals surface area (Å²) in [5, 5.41) is 19.2. The molecule has 6 heteroatoms. The van der Waals surface area contributed by atoms with E-state index in [2.05, 4.69) is 10.2 Å². The number of aryl methyl sites for hydroxylation is 1. The number of nitrogens with zero attached hydrogens (tertiary/aromatic N) is 3. The average Bonchev–Trinajstić information content (AvgIpc) is 2.67. The number of hydrogen-bond acceptors (Lipinski definition) is 4. The van der Waals surface area contributed by atoms with E-state index in [1.54, 1.807) is 13.8 Å². The fourth-order valence-electron chi connectivity index (χ4n) is 2.45. The zero-order valence-electron chi connectivity index (χ0n) is 12.9. The van der Waals surface area contributed by atoms with Gasteiger partial charge in [0, 0.05) is 22.8 Å². The zero-order valence-corrected chi connectivity index (χ0v) is 13.7. The van der Waals surface area contributed by atoms with Crippen molar-refractivity contribution < 1.29 is 9.90 Å². The maximum atomic E-state index is 11.7. The minimum absolute atomic E-state index is 0.103. The van der Waals surface area contributed by atoms with Gasteiger partial charge in [-0.15, -0.1) is 10.2 Å². The van der Waals surface area contributed by atoms with Gasteiger partial charge in [0.15, 0.2) is 5.69 Å². The summed E-state index contributed by atoms with van der Waals surface area (Å²) in [5.41, 5.74) is 2.42. The highest BCUT2D eigenvalue weighted by molar-refractivity contribution is 8.00. The summed E-state index contributed by atoms with van der Waals surface area (Å²) >= 11 is 1.85. The number of hydrogen-bond donors (Lipinski definition) is 1. The lowest BCUT2D eigenvalue weighted by Gasteiger charge is -2.27. The molecule has 1 aliphatic heterocycles. The minimum atomic E-state index is -0.285. The van der Waals surface area contributed by atoms with E-state index < -0.39 is 0 Å². The number of fused-ring (bicyclic) bond motifs is 1. The van der Waals surface area contributed by atoms with Crippen LogP contribution in [-0.2, 0) is 4.79 Å². The van der Waals surface area contributed by atoms with Crippen LogP contribution in [0, 0.1) is 12.8 Å². The molecule has 0 spiro atoms. The Hall–Kier alpha value is -1.82. The van der Waals surface area contributed by atoms with Crippen LogP contribution in [0.25, 0.3) is 10.9 Å². The topological polar surface area (TPSA) is 66.9 Å². The summed E-state index contributed by atoms with van der Waals surface area (Å²) in [7, 11) is 0. The molecule has 0 saturated carbocycles. The second-order valence-electron chi connectivity index (χ2n) is 5.95. The molecule has 1 N–H and O–H groups in total. The van der Waals surface area contributed by atoms with Crippen molar-refractivity contribution in [3.05, 3.63) is 23.8 Å². The molecule has 5 nitrogen and oxygen atoms in total. The summed E-state index contributed by atoms with van der Waals surface area (Å²) in [4.78, 5) is 11.7. The number of benzene rings is 1. The summed E-state index contributed by atoms with van der Waals surface area (Å²) < 4.78 is 1.92. The van der Waals surface area contributed by atoms with Crippen molar-refractivity contribution >= 4 is 34.3 Å². The summed E-state index contributed by atoms with van der Waals surface area (Å²) in [5.74, 6) is 1.57. The minimum Gasteiger partial charge on any atom is -0.493 e. The van der Waals surface area contributed by atoms with Gasteiger partial charge in [0.05, 0.1) is 11.6 Å². The maximum absolute atomic E-state index is 11.7. The number of rotatable bonds is 3. The SMILES string of the molecule is Cc1ccc2c(c1)c(N=NC(=O)C(C)C)c(O)n2C1CSC1. The molecule has 0 atom stereocenters. The molecule has 0 radical (unpaired) electrons. The van der Waals surface area contributed by atoms with E-state index in [1.165, 1.54) is 0 Å². The molecule has 3 rings (SSSR count). The molecule has 1 aromatic heterocycles. The summed E-state index contributed by atoms with van der Waals surface area (Å²) in [6.07, 6.45) is 0. The molecule has 1 fully saturated rings. The molecule has 1 aromatic carbocycles. The standard InChI is InChI=1S/C16H19N3O2S/c1-9(2)15(20)18-17-14-12-6-10(3)4-5-13(12)19(16(14)21)11-7-22-8-11/h4-6,9,11,21H,7-8H2,1-3H3. The van der Waals surface area contributed by atoms with E-state index in [4.69, 9.17) is 0 Å².